The molecule has 0 N–H and O–H groups in total. The summed E-state index contributed by atoms with van der Waals surface area (Å²) in [6.45, 7) is 3.20. The molecule has 1 aliphatic carbocycles. The molecule has 0 atom stereocenters. The van der Waals surface area contributed by atoms with E-state index in [1.807, 2.05) is 34.8 Å². The average molecular weight is 436 g/mol. The van der Waals surface area contributed by atoms with E-state index in [4.69, 9.17) is 23.2 Å². The van der Waals surface area contributed by atoms with Gasteiger partial charge >= 0.3 is 0 Å². The van der Waals surface area contributed by atoms with E-state index < -0.39 is 0 Å². The molecular weight excluding hydrogens is 409 g/mol. The second kappa shape index (κ2) is 9.68. The zero-order valence-corrected chi connectivity index (χ0v) is 18.4. The van der Waals surface area contributed by atoms with Gasteiger partial charge in [-0.2, -0.15) is 0 Å². The summed E-state index contributed by atoms with van der Waals surface area (Å²) in [5, 5.41) is 0.817. The number of carbonyl (C=O) groups is 2. The molecule has 5 nitrogen and oxygen atoms in total. The summed E-state index contributed by atoms with van der Waals surface area (Å²) < 4.78 is 2.02. The standard InChI is InChI=1S/C22H27Cl2N3O2/c1-3-4-10-26(22(29)16-11-17(23)13-18(24)12-16)15-21(28)27(19-7-8-19)14-20-6-5-9-25(20)2/h5-6,9,11-13,19H,3-4,7-8,10,14-15H2,1-2H3. The number of hydrogen-bond donors (Lipinski definition) is 0. The summed E-state index contributed by atoms with van der Waals surface area (Å²) >= 11 is 12.1. The fourth-order valence-corrected chi connectivity index (χ4v) is 3.88. The highest BCUT2D eigenvalue weighted by Gasteiger charge is 2.34. The lowest BCUT2D eigenvalue weighted by Gasteiger charge is -2.28. The van der Waals surface area contributed by atoms with E-state index in [0.717, 1.165) is 31.4 Å². The Labute approximate surface area is 182 Å². The molecule has 1 aromatic heterocycles. The van der Waals surface area contributed by atoms with Crippen LogP contribution in [0.4, 0.5) is 0 Å². The van der Waals surface area contributed by atoms with Crippen LogP contribution >= 0.6 is 23.2 Å². The van der Waals surface area contributed by atoms with Gasteiger partial charge in [-0.05, 0) is 49.6 Å². The Morgan fingerprint density at radius 3 is 2.41 bits per heavy atom. The third-order valence-electron chi connectivity index (χ3n) is 5.20. The maximum atomic E-state index is 13.2. The van der Waals surface area contributed by atoms with E-state index in [9.17, 15) is 9.59 Å². The number of unbranched alkanes of at least 4 members (excludes halogenated alkanes) is 1. The molecule has 1 aromatic carbocycles. The maximum Gasteiger partial charge on any atom is 0.254 e. The number of carbonyl (C=O) groups excluding carboxylic acids is 2. The minimum Gasteiger partial charge on any atom is -0.353 e. The van der Waals surface area contributed by atoms with E-state index in [1.165, 1.54) is 0 Å². The molecule has 1 fully saturated rings. The number of nitrogens with zero attached hydrogens (tertiary/aromatic N) is 3. The van der Waals surface area contributed by atoms with Gasteiger partial charge in [0.25, 0.3) is 5.91 Å². The minimum atomic E-state index is -0.217. The molecular formula is C22H27Cl2N3O2. The van der Waals surface area contributed by atoms with Crippen LogP contribution in [-0.2, 0) is 18.4 Å². The van der Waals surface area contributed by atoms with Crippen LogP contribution in [0.25, 0.3) is 0 Å². The van der Waals surface area contributed by atoms with Crippen molar-refractivity contribution in [1.82, 2.24) is 14.4 Å². The lowest BCUT2D eigenvalue weighted by Crippen LogP contribution is -2.44. The number of aryl methyl sites for hydroxylation is 1. The van der Waals surface area contributed by atoms with Crippen molar-refractivity contribution < 1.29 is 9.59 Å². The van der Waals surface area contributed by atoms with Crippen LogP contribution in [0.1, 0.15) is 48.7 Å². The van der Waals surface area contributed by atoms with Crippen LogP contribution in [0, 0.1) is 0 Å². The van der Waals surface area contributed by atoms with Crippen molar-refractivity contribution in [3.8, 4) is 0 Å². The summed E-state index contributed by atoms with van der Waals surface area (Å²) in [6, 6.07) is 9.06. The Hall–Kier alpha value is -1.98. The first-order valence-corrected chi connectivity index (χ1v) is 10.8. The molecule has 0 bridgehead atoms. The lowest BCUT2D eigenvalue weighted by atomic mass is 10.2. The van der Waals surface area contributed by atoms with Gasteiger partial charge in [-0.1, -0.05) is 36.5 Å². The zero-order chi connectivity index (χ0) is 21.0. The van der Waals surface area contributed by atoms with Crippen LogP contribution in [-0.4, -0.2) is 45.3 Å². The molecule has 0 aliphatic heterocycles. The predicted molar refractivity (Wildman–Crippen MR) is 116 cm³/mol. The molecule has 0 saturated heterocycles. The van der Waals surface area contributed by atoms with Crippen molar-refractivity contribution in [3.63, 3.8) is 0 Å². The van der Waals surface area contributed by atoms with Gasteiger partial charge in [-0.25, -0.2) is 0 Å². The topological polar surface area (TPSA) is 45.6 Å². The van der Waals surface area contributed by atoms with Crippen LogP contribution < -0.4 is 0 Å². The first-order valence-electron chi connectivity index (χ1n) is 10.0. The number of aromatic nitrogens is 1. The summed E-state index contributed by atoms with van der Waals surface area (Å²) in [5.74, 6) is -0.239. The van der Waals surface area contributed by atoms with E-state index >= 15 is 0 Å². The Morgan fingerprint density at radius 2 is 1.86 bits per heavy atom. The third kappa shape index (κ3) is 5.77. The van der Waals surface area contributed by atoms with Gasteiger partial charge < -0.3 is 14.4 Å². The van der Waals surface area contributed by atoms with E-state index in [1.54, 1.807) is 23.1 Å². The first-order chi connectivity index (χ1) is 13.9. The van der Waals surface area contributed by atoms with Crippen molar-refractivity contribution in [3.05, 3.63) is 57.8 Å². The van der Waals surface area contributed by atoms with Gasteiger partial charge in [0.05, 0.1) is 6.54 Å². The highest BCUT2D eigenvalue weighted by Crippen LogP contribution is 2.29. The molecule has 156 valence electrons. The van der Waals surface area contributed by atoms with Crippen molar-refractivity contribution in [2.24, 2.45) is 7.05 Å². The van der Waals surface area contributed by atoms with Gasteiger partial charge in [0.15, 0.2) is 0 Å². The van der Waals surface area contributed by atoms with Crippen molar-refractivity contribution in [2.45, 2.75) is 45.2 Å². The van der Waals surface area contributed by atoms with Crippen LogP contribution in [0.15, 0.2) is 36.5 Å². The van der Waals surface area contributed by atoms with Gasteiger partial charge in [0, 0.05) is 47.1 Å². The number of rotatable bonds is 9. The Kier molecular flexibility index (Phi) is 7.25. The molecule has 2 amide bonds. The molecule has 1 heterocycles. The van der Waals surface area contributed by atoms with Crippen LogP contribution in [0.2, 0.25) is 10.0 Å². The van der Waals surface area contributed by atoms with E-state index in [2.05, 4.69) is 6.92 Å². The highest BCUT2D eigenvalue weighted by atomic mass is 35.5. The van der Waals surface area contributed by atoms with Crippen LogP contribution in [0.5, 0.6) is 0 Å². The predicted octanol–water partition coefficient (Wildman–Crippen LogP) is 4.77. The molecule has 1 aliphatic rings. The molecule has 3 rings (SSSR count). The second-order valence-electron chi connectivity index (χ2n) is 7.60. The Balaban J connectivity index is 1.76. The number of amides is 2. The summed E-state index contributed by atoms with van der Waals surface area (Å²) in [7, 11) is 1.98. The van der Waals surface area contributed by atoms with E-state index in [0.29, 0.717) is 28.7 Å². The summed E-state index contributed by atoms with van der Waals surface area (Å²) in [5.41, 5.74) is 1.49. The second-order valence-corrected chi connectivity index (χ2v) is 8.47. The fraction of sp³-hybridized carbons (Fsp3) is 0.455. The molecule has 7 heteroatoms. The Morgan fingerprint density at radius 1 is 1.17 bits per heavy atom. The number of hydrogen-bond acceptors (Lipinski definition) is 2. The lowest BCUT2D eigenvalue weighted by molar-refractivity contribution is -0.133. The molecule has 2 aromatic rings. The smallest absolute Gasteiger partial charge is 0.254 e. The van der Waals surface area contributed by atoms with Crippen molar-refractivity contribution in [2.75, 3.05) is 13.1 Å². The SMILES string of the molecule is CCCCN(CC(=O)N(Cc1cccn1C)C1CC1)C(=O)c1cc(Cl)cc(Cl)c1. The minimum absolute atomic E-state index is 0.0220. The number of benzene rings is 1. The first kappa shape index (κ1) is 21.7. The van der Waals surface area contributed by atoms with E-state index in [-0.39, 0.29) is 24.4 Å². The zero-order valence-electron chi connectivity index (χ0n) is 16.9. The highest BCUT2D eigenvalue weighted by molar-refractivity contribution is 6.35. The average Bonchev–Trinajstić information content (AvgIpc) is 3.43. The third-order valence-corrected chi connectivity index (χ3v) is 5.63. The fourth-order valence-electron chi connectivity index (χ4n) is 3.36. The molecule has 0 radical (unpaired) electrons. The van der Waals surface area contributed by atoms with Gasteiger partial charge in [0.2, 0.25) is 5.91 Å². The van der Waals surface area contributed by atoms with Gasteiger partial charge in [-0.15, -0.1) is 0 Å². The van der Waals surface area contributed by atoms with Crippen LogP contribution in [0.3, 0.4) is 0 Å². The quantitative estimate of drug-likeness (QED) is 0.569. The van der Waals surface area contributed by atoms with Crippen molar-refractivity contribution in [1.29, 1.82) is 0 Å². The molecule has 1 saturated carbocycles. The molecule has 0 unspecified atom stereocenters. The summed E-state index contributed by atoms with van der Waals surface area (Å²) in [4.78, 5) is 29.8. The monoisotopic (exact) mass is 435 g/mol. The van der Waals surface area contributed by atoms with Gasteiger partial charge in [-0.3, -0.25) is 9.59 Å². The molecule has 29 heavy (non-hydrogen) atoms. The van der Waals surface area contributed by atoms with Gasteiger partial charge in [0.1, 0.15) is 6.54 Å². The Bertz CT molecular complexity index is 856. The largest absolute Gasteiger partial charge is 0.353 e. The number of halogens is 2. The normalized spacial score (nSPS) is 13.4. The molecule has 0 spiro atoms. The summed E-state index contributed by atoms with van der Waals surface area (Å²) in [6.07, 6.45) is 5.77. The van der Waals surface area contributed by atoms with Crippen molar-refractivity contribution >= 4 is 35.0 Å². The maximum absolute atomic E-state index is 13.2.